The van der Waals surface area contributed by atoms with Crippen molar-refractivity contribution in [3.05, 3.63) is 58.4 Å². The highest BCUT2D eigenvalue weighted by atomic mass is 32.1. The predicted molar refractivity (Wildman–Crippen MR) is 139 cm³/mol. The van der Waals surface area contributed by atoms with Gasteiger partial charge in [0.25, 0.3) is 0 Å². The van der Waals surface area contributed by atoms with Gasteiger partial charge in [-0.1, -0.05) is 6.07 Å². The molecule has 2 aromatic heterocycles. The van der Waals surface area contributed by atoms with E-state index in [-0.39, 0.29) is 6.42 Å². The summed E-state index contributed by atoms with van der Waals surface area (Å²) in [6, 6.07) is 11.6. The van der Waals surface area contributed by atoms with Gasteiger partial charge >= 0.3 is 5.97 Å². The summed E-state index contributed by atoms with van der Waals surface area (Å²) in [5, 5.41) is 12.2. The zero-order valence-corrected chi connectivity index (χ0v) is 21.2. The molecule has 1 aliphatic rings. The number of halogens is 1. The molecule has 0 spiro atoms. The molecule has 0 bridgehead atoms. The van der Waals surface area contributed by atoms with E-state index in [2.05, 4.69) is 27.4 Å². The van der Waals surface area contributed by atoms with Gasteiger partial charge in [0.2, 0.25) is 0 Å². The molecule has 1 N–H and O–H groups in total. The van der Waals surface area contributed by atoms with E-state index in [0.29, 0.717) is 36.0 Å². The minimum absolute atomic E-state index is 0.179. The number of pyridine rings is 1. The number of alkyl halides is 1. The van der Waals surface area contributed by atoms with Crippen LogP contribution in [0.1, 0.15) is 55.1 Å². The lowest BCUT2D eigenvalue weighted by atomic mass is 9.79. The van der Waals surface area contributed by atoms with Crippen molar-refractivity contribution in [1.82, 2.24) is 9.88 Å². The predicted octanol–water partition coefficient (Wildman–Crippen LogP) is 6.53. The Kier molecular flexibility index (Phi) is 9.10. The zero-order valence-electron chi connectivity index (χ0n) is 20.4. The third kappa shape index (κ3) is 7.01. The summed E-state index contributed by atoms with van der Waals surface area (Å²) in [6.07, 6.45) is 5.82. The maximum absolute atomic E-state index is 15.5. The molecule has 7 heteroatoms. The molecule has 0 aliphatic carbocycles. The van der Waals surface area contributed by atoms with E-state index >= 15 is 4.39 Å². The van der Waals surface area contributed by atoms with Crippen molar-refractivity contribution in [2.75, 3.05) is 26.7 Å². The van der Waals surface area contributed by atoms with Crippen molar-refractivity contribution in [1.29, 1.82) is 0 Å². The molecule has 0 amide bonds. The Morgan fingerprint density at radius 1 is 1.29 bits per heavy atom. The van der Waals surface area contributed by atoms with Gasteiger partial charge in [0.15, 0.2) is 0 Å². The molecule has 5 nitrogen and oxygen atoms in total. The first-order valence-electron chi connectivity index (χ1n) is 12.6. The van der Waals surface area contributed by atoms with Gasteiger partial charge in [-0.25, -0.2) is 4.39 Å². The number of likely N-dealkylation sites (tertiary alicyclic amines) is 1. The van der Waals surface area contributed by atoms with Crippen molar-refractivity contribution >= 4 is 28.2 Å². The first-order valence-corrected chi connectivity index (χ1v) is 13.4. The van der Waals surface area contributed by atoms with Gasteiger partial charge in [-0.2, -0.15) is 0 Å². The quantitative estimate of drug-likeness (QED) is 0.308. The lowest BCUT2D eigenvalue weighted by molar-refractivity contribution is -0.137. The van der Waals surface area contributed by atoms with Crippen LogP contribution in [0.25, 0.3) is 10.9 Å². The Hall–Kier alpha value is -2.51. The molecular formula is C28H35FN2O3S. The fourth-order valence-electron chi connectivity index (χ4n) is 5.37. The van der Waals surface area contributed by atoms with Gasteiger partial charge in [0.05, 0.1) is 12.6 Å². The number of rotatable bonds is 12. The molecule has 1 saturated heterocycles. The number of fused-ring (bicyclic) bond motifs is 1. The smallest absolute Gasteiger partial charge is 0.303 e. The minimum Gasteiger partial charge on any atom is -0.497 e. The third-order valence-corrected chi connectivity index (χ3v) is 8.23. The fraction of sp³-hybridized carbons (Fsp3) is 0.500. The number of carboxylic acid groups (broad SMARTS) is 1. The molecule has 1 aliphatic heterocycles. The van der Waals surface area contributed by atoms with Crippen LogP contribution in [-0.4, -0.2) is 47.7 Å². The molecule has 0 radical (unpaired) electrons. The Morgan fingerprint density at radius 2 is 2.17 bits per heavy atom. The van der Waals surface area contributed by atoms with Gasteiger partial charge in [-0.15, -0.1) is 11.3 Å². The number of nitrogens with zero attached hydrogens (tertiary/aromatic N) is 2. The lowest BCUT2D eigenvalue weighted by Gasteiger charge is -2.39. The Morgan fingerprint density at radius 3 is 2.94 bits per heavy atom. The van der Waals surface area contributed by atoms with Crippen LogP contribution in [0.5, 0.6) is 5.75 Å². The molecular weight excluding hydrogens is 463 g/mol. The monoisotopic (exact) mass is 498 g/mol. The molecule has 2 unspecified atom stereocenters. The van der Waals surface area contributed by atoms with Crippen molar-refractivity contribution in [2.24, 2.45) is 11.8 Å². The molecule has 4 rings (SSSR count). The van der Waals surface area contributed by atoms with Gasteiger partial charge in [0.1, 0.15) is 11.9 Å². The summed E-state index contributed by atoms with van der Waals surface area (Å²) in [6.45, 7) is 2.95. The highest BCUT2D eigenvalue weighted by molar-refractivity contribution is 7.09. The first-order chi connectivity index (χ1) is 17.0. The van der Waals surface area contributed by atoms with E-state index in [0.717, 1.165) is 56.2 Å². The van der Waals surface area contributed by atoms with Crippen LogP contribution in [0.15, 0.2) is 48.0 Å². The number of piperidine rings is 1. The summed E-state index contributed by atoms with van der Waals surface area (Å²) < 4.78 is 20.8. The summed E-state index contributed by atoms with van der Waals surface area (Å²) in [4.78, 5) is 19.5. The lowest BCUT2D eigenvalue weighted by Crippen LogP contribution is -2.41. The van der Waals surface area contributed by atoms with Gasteiger partial charge in [0, 0.05) is 29.4 Å². The molecule has 188 valence electrons. The normalized spacial score (nSPS) is 19.6. The fourth-order valence-corrected chi connectivity index (χ4v) is 6.12. The Balaban J connectivity index is 1.36. The SMILES string of the molecule is COc1ccc2nccc([C@@H](F)CCC3CCN(CCCc4cccs4)CC3CCC(=O)O)c2c1. The van der Waals surface area contributed by atoms with E-state index in [1.807, 2.05) is 18.2 Å². The second-order valence-corrected chi connectivity index (χ2v) is 10.6. The average Bonchev–Trinajstić information content (AvgIpc) is 3.39. The number of benzene rings is 1. The Labute approximate surface area is 210 Å². The minimum atomic E-state index is -1.09. The van der Waals surface area contributed by atoms with Crippen LogP contribution in [0.2, 0.25) is 0 Å². The van der Waals surface area contributed by atoms with E-state index in [4.69, 9.17) is 4.74 Å². The van der Waals surface area contributed by atoms with Crippen molar-refractivity contribution in [2.45, 2.75) is 51.1 Å². The number of thiophene rings is 1. The van der Waals surface area contributed by atoms with Gasteiger partial charge in [-0.3, -0.25) is 9.78 Å². The van der Waals surface area contributed by atoms with Crippen LogP contribution in [0.4, 0.5) is 4.39 Å². The van der Waals surface area contributed by atoms with Crippen molar-refractivity contribution in [3.63, 3.8) is 0 Å². The number of methoxy groups -OCH3 is 1. The van der Waals surface area contributed by atoms with Crippen LogP contribution in [0.3, 0.4) is 0 Å². The average molecular weight is 499 g/mol. The number of hydrogen-bond donors (Lipinski definition) is 1. The van der Waals surface area contributed by atoms with E-state index in [1.54, 1.807) is 30.7 Å². The highest BCUT2D eigenvalue weighted by Crippen LogP contribution is 2.36. The molecule has 35 heavy (non-hydrogen) atoms. The van der Waals surface area contributed by atoms with E-state index in [9.17, 15) is 9.90 Å². The standard InChI is InChI=1S/C28H35FN2O3S/c1-34-22-8-10-27-25(18-22)24(12-14-30-27)26(29)9-6-20-13-16-31(19-21(20)7-11-28(32)33)15-2-4-23-5-3-17-35-23/h3,5,8,10,12,14,17-18,20-21,26H,2,4,6-7,9,11,13,15-16,19H2,1H3,(H,32,33)/t20?,21?,26-/m0/s1. The maximum atomic E-state index is 15.5. The largest absolute Gasteiger partial charge is 0.497 e. The zero-order chi connectivity index (χ0) is 24.6. The van der Waals surface area contributed by atoms with Gasteiger partial charge < -0.3 is 14.7 Å². The topological polar surface area (TPSA) is 62.7 Å². The van der Waals surface area contributed by atoms with E-state index in [1.165, 1.54) is 4.88 Å². The summed E-state index contributed by atoms with van der Waals surface area (Å²) in [7, 11) is 1.61. The second-order valence-electron chi connectivity index (χ2n) is 9.55. The van der Waals surface area contributed by atoms with Crippen molar-refractivity contribution in [3.8, 4) is 5.75 Å². The second kappa shape index (κ2) is 12.5. The molecule has 1 fully saturated rings. The summed E-state index contributed by atoms with van der Waals surface area (Å²) >= 11 is 1.80. The number of carboxylic acids is 1. The Bertz CT molecular complexity index is 1090. The number of hydrogen-bond acceptors (Lipinski definition) is 5. The number of aromatic nitrogens is 1. The first kappa shape index (κ1) is 25.6. The number of aryl methyl sites for hydroxylation is 1. The van der Waals surface area contributed by atoms with Crippen molar-refractivity contribution < 1.29 is 19.0 Å². The third-order valence-electron chi connectivity index (χ3n) is 7.29. The van der Waals surface area contributed by atoms with Crippen LogP contribution >= 0.6 is 11.3 Å². The molecule has 3 heterocycles. The van der Waals surface area contributed by atoms with E-state index < -0.39 is 12.1 Å². The molecule has 0 saturated carbocycles. The number of aliphatic carboxylic acids is 1. The van der Waals surface area contributed by atoms with Crippen LogP contribution in [0, 0.1) is 11.8 Å². The molecule has 3 aromatic rings. The van der Waals surface area contributed by atoms with Crippen LogP contribution in [-0.2, 0) is 11.2 Å². The highest BCUT2D eigenvalue weighted by Gasteiger charge is 2.30. The molecule has 3 atom stereocenters. The maximum Gasteiger partial charge on any atom is 0.303 e. The molecule has 1 aromatic carbocycles. The van der Waals surface area contributed by atoms with Gasteiger partial charge in [-0.05, 0) is 105 Å². The summed E-state index contributed by atoms with van der Waals surface area (Å²) in [5.74, 6) is 0.588. The summed E-state index contributed by atoms with van der Waals surface area (Å²) in [5.41, 5.74) is 1.42. The van der Waals surface area contributed by atoms with Crippen LogP contribution < -0.4 is 4.74 Å². The number of carbonyl (C=O) groups is 1. The number of ether oxygens (including phenoxy) is 1.